The fraction of sp³-hybridized carbons (Fsp3) is 0.522. The van der Waals surface area contributed by atoms with Gasteiger partial charge in [-0.2, -0.15) is 4.99 Å². The SMILES string of the molecule is CC(C)(C)NC(=O)CNC(=O)c1ccc(NC(=O)CC2SC(N3CCCCC3)=NC2=O)cc1. The van der Waals surface area contributed by atoms with Crippen LogP contribution >= 0.6 is 11.8 Å². The molecule has 0 spiro atoms. The van der Waals surface area contributed by atoms with Crippen molar-refractivity contribution in [1.82, 2.24) is 15.5 Å². The number of nitrogens with zero attached hydrogens (tertiary/aromatic N) is 2. The Bertz CT molecular complexity index is 933. The van der Waals surface area contributed by atoms with Gasteiger partial charge in [0.25, 0.3) is 11.8 Å². The molecule has 2 aliphatic heterocycles. The minimum atomic E-state index is -0.508. The van der Waals surface area contributed by atoms with Gasteiger partial charge in [0.05, 0.1) is 6.54 Å². The lowest BCUT2D eigenvalue weighted by atomic mass is 10.1. The Labute approximate surface area is 198 Å². The van der Waals surface area contributed by atoms with Crippen molar-refractivity contribution in [2.45, 2.75) is 57.2 Å². The van der Waals surface area contributed by atoms with Crippen LogP contribution in [0.1, 0.15) is 56.8 Å². The number of nitrogens with one attached hydrogen (secondary N) is 3. The van der Waals surface area contributed by atoms with Crippen molar-refractivity contribution in [3.8, 4) is 0 Å². The van der Waals surface area contributed by atoms with Crippen molar-refractivity contribution >= 4 is 46.2 Å². The van der Waals surface area contributed by atoms with E-state index in [4.69, 9.17) is 0 Å². The molecular formula is C23H31N5O4S. The van der Waals surface area contributed by atoms with Crippen LogP contribution < -0.4 is 16.0 Å². The second-order valence-electron chi connectivity index (χ2n) is 9.20. The predicted molar refractivity (Wildman–Crippen MR) is 129 cm³/mol. The first-order valence-electron chi connectivity index (χ1n) is 11.1. The maximum atomic E-state index is 12.4. The number of rotatable bonds is 6. The number of piperidine rings is 1. The van der Waals surface area contributed by atoms with Crippen LogP contribution in [0, 0.1) is 0 Å². The van der Waals surface area contributed by atoms with E-state index in [1.807, 2.05) is 20.8 Å². The summed E-state index contributed by atoms with van der Waals surface area (Å²) in [6.07, 6.45) is 3.42. The molecule has 1 atom stereocenters. The van der Waals surface area contributed by atoms with Crippen molar-refractivity contribution in [2.75, 3.05) is 25.0 Å². The quantitative estimate of drug-likeness (QED) is 0.582. The van der Waals surface area contributed by atoms with Crippen molar-refractivity contribution < 1.29 is 19.2 Å². The van der Waals surface area contributed by atoms with Crippen LogP contribution in [0.15, 0.2) is 29.3 Å². The zero-order valence-electron chi connectivity index (χ0n) is 19.3. The number of carbonyl (C=O) groups excluding carboxylic acids is 4. The van der Waals surface area contributed by atoms with Gasteiger partial charge in [0.15, 0.2) is 5.17 Å². The highest BCUT2D eigenvalue weighted by atomic mass is 32.2. The number of carbonyl (C=O) groups is 4. The summed E-state index contributed by atoms with van der Waals surface area (Å²) in [5.74, 6) is -1.20. The van der Waals surface area contributed by atoms with Gasteiger partial charge in [-0.3, -0.25) is 19.2 Å². The Morgan fingerprint density at radius 3 is 2.36 bits per heavy atom. The zero-order valence-corrected chi connectivity index (χ0v) is 20.1. The third-order valence-electron chi connectivity index (χ3n) is 5.08. The molecule has 1 unspecified atom stereocenters. The number of hydrogen-bond acceptors (Lipinski definition) is 6. The topological polar surface area (TPSA) is 120 Å². The number of amidine groups is 1. The van der Waals surface area contributed by atoms with Gasteiger partial charge in [0, 0.05) is 36.3 Å². The molecular weight excluding hydrogens is 442 g/mol. The van der Waals surface area contributed by atoms with E-state index >= 15 is 0 Å². The lowest BCUT2D eigenvalue weighted by Gasteiger charge is -2.27. The molecule has 3 N–H and O–H groups in total. The van der Waals surface area contributed by atoms with Gasteiger partial charge in [0.2, 0.25) is 11.8 Å². The summed E-state index contributed by atoms with van der Waals surface area (Å²) in [6.45, 7) is 7.27. The standard InChI is InChI=1S/C23H31N5O4S/c1-23(2,3)27-19(30)14-24-20(31)15-7-9-16(10-8-15)25-18(29)13-17-21(32)26-22(33-17)28-11-5-4-6-12-28/h7-10,17H,4-6,11-14H2,1-3H3,(H,24,31)(H,25,29)(H,27,30). The molecule has 2 aliphatic rings. The molecule has 0 aliphatic carbocycles. The van der Waals surface area contributed by atoms with Crippen LogP contribution in [-0.2, 0) is 14.4 Å². The maximum Gasteiger partial charge on any atom is 0.262 e. The molecule has 178 valence electrons. The summed E-state index contributed by atoms with van der Waals surface area (Å²) in [5.41, 5.74) is 0.525. The highest BCUT2D eigenvalue weighted by Crippen LogP contribution is 2.29. The van der Waals surface area contributed by atoms with E-state index in [0.717, 1.165) is 31.1 Å². The Morgan fingerprint density at radius 1 is 1.06 bits per heavy atom. The predicted octanol–water partition coefficient (Wildman–Crippen LogP) is 2.14. The molecule has 0 bridgehead atoms. The first-order chi connectivity index (χ1) is 15.6. The Hall–Kier alpha value is -2.88. The maximum absolute atomic E-state index is 12.4. The van der Waals surface area contributed by atoms with Crippen LogP contribution in [-0.4, -0.2) is 64.1 Å². The van der Waals surface area contributed by atoms with E-state index in [1.54, 1.807) is 24.3 Å². The van der Waals surface area contributed by atoms with Crippen LogP contribution in [0.2, 0.25) is 0 Å². The first kappa shape index (κ1) is 24.8. The minimum absolute atomic E-state index is 0.0372. The van der Waals surface area contributed by atoms with Gasteiger partial charge in [-0.15, -0.1) is 0 Å². The van der Waals surface area contributed by atoms with Gasteiger partial charge >= 0.3 is 0 Å². The van der Waals surface area contributed by atoms with E-state index in [2.05, 4.69) is 25.8 Å². The van der Waals surface area contributed by atoms with E-state index in [9.17, 15) is 19.2 Å². The van der Waals surface area contributed by atoms with Gasteiger partial charge in [-0.05, 0) is 64.3 Å². The normalized spacial score (nSPS) is 18.5. The van der Waals surface area contributed by atoms with Gasteiger partial charge in [-0.25, -0.2) is 0 Å². The Kier molecular flexibility index (Phi) is 8.12. The number of likely N-dealkylation sites (tertiary alicyclic amines) is 1. The average Bonchev–Trinajstić information content (AvgIpc) is 3.12. The molecule has 1 saturated heterocycles. The highest BCUT2D eigenvalue weighted by molar-refractivity contribution is 8.15. The van der Waals surface area contributed by atoms with Crippen LogP contribution in [0.4, 0.5) is 5.69 Å². The molecule has 1 aromatic rings. The van der Waals surface area contributed by atoms with Crippen molar-refractivity contribution in [1.29, 1.82) is 0 Å². The highest BCUT2D eigenvalue weighted by Gasteiger charge is 2.33. The van der Waals surface area contributed by atoms with E-state index < -0.39 is 5.25 Å². The molecule has 1 fully saturated rings. The summed E-state index contributed by atoms with van der Waals surface area (Å²) in [7, 11) is 0. The number of thioether (sulfide) groups is 1. The monoisotopic (exact) mass is 473 g/mol. The smallest absolute Gasteiger partial charge is 0.262 e. The van der Waals surface area contributed by atoms with E-state index in [1.165, 1.54) is 18.2 Å². The lowest BCUT2D eigenvalue weighted by molar-refractivity contribution is -0.121. The van der Waals surface area contributed by atoms with E-state index in [0.29, 0.717) is 11.3 Å². The Balaban J connectivity index is 1.45. The first-order valence-corrected chi connectivity index (χ1v) is 12.0. The number of aliphatic imine (C=N–C) groups is 1. The van der Waals surface area contributed by atoms with Gasteiger partial charge in [-0.1, -0.05) is 11.8 Å². The summed E-state index contributed by atoms with van der Waals surface area (Å²) < 4.78 is 0. The van der Waals surface area contributed by atoms with Crippen LogP contribution in [0.25, 0.3) is 0 Å². The van der Waals surface area contributed by atoms with Crippen molar-refractivity contribution in [3.63, 3.8) is 0 Å². The molecule has 0 radical (unpaired) electrons. The molecule has 3 rings (SSSR count). The molecule has 0 saturated carbocycles. The largest absolute Gasteiger partial charge is 0.351 e. The average molecular weight is 474 g/mol. The molecule has 33 heavy (non-hydrogen) atoms. The van der Waals surface area contributed by atoms with Gasteiger partial charge in [0.1, 0.15) is 5.25 Å². The number of anilines is 1. The molecule has 1 aromatic carbocycles. The van der Waals surface area contributed by atoms with Crippen LogP contribution in [0.5, 0.6) is 0 Å². The summed E-state index contributed by atoms with van der Waals surface area (Å²) >= 11 is 1.36. The number of amides is 4. The number of benzene rings is 1. The molecule has 0 aromatic heterocycles. The molecule has 2 heterocycles. The fourth-order valence-corrected chi connectivity index (χ4v) is 4.66. The lowest BCUT2D eigenvalue weighted by Crippen LogP contribution is -2.45. The third-order valence-corrected chi connectivity index (χ3v) is 6.29. The van der Waals surface area contributed by atoms with Gasteiger partial charge < -0.3 is 20.9 Å². The zero-order chi connectivity index (χ0) is 24.0. The van der Waals surface area contributed by atoms with Crippen molar-refractivity contribution in [2.24, 2.45) is 4.99 Å². The second kappa shape index (κ2) is 10.8. The molecule has 9 nitrogen and oxygen atoms in total. The summed E-state index contributed by atoms with van der Waals surface area (Å²) in [4.78, 5) is 55.0. The third kappa shape index (κ3) is 7.59. The molecule has 4 amide bonds. The minimum Gasteiger partial charge on any atom is -0.351 e. The van der Waals surface area contributed by atoms with Crippen molar-refractivity contribution in [3.05, 3.63) is 29.8 Å². The second-order valence-corrected chi connectivity index (χ2v) is 10.4. The fourth-order valence-electron chi connectivity index (χ4n) is 3.54. The van der Waals surface area contributed by atoms with Crippen LogP contribution in [0.3, 0.4) is 0 Å². The molecule has 10 heteroatoms. The summed E-state index contributed by atoms with van der Waals surface area (Å²) in [6, 6.07) is 6.36. The Morgan fingerprint density at radius 2 is 1.73 bits per heavy atom. The van der Waals surface area contributed by atoms with E-state index in [-0.39, 0.29) is 42.1 Å². The number of hydrogen-bond donors (Lipinski definition) is 3. The summed E-state index contributed by atoms with van der Waals surface area (Å²) in [5, 5.41) is 8.32.